The summed E-state index contributed by atoms with van der Waals surface area (Å²) >= 11 is 0. The topological polar surface area (TPSA) is 143 Å². The zero-order valence-corrected chi connectivity index (χ0v) is 16.8. The first-order valence-electron chi connectivity index (χ1n) is 10.0. The summed E-state index contributed by atoms with van der Waals surface area (Å²) in [4.78, 5) is 24.7. The first-order valence-corrected chi connectivity index (χ1v) is 10.0. The Morgan fingerprint density at radius 2 is 2.00 bits per heavy atom. The van der Waals surface area contributed by atoms with Crippen molar-refractivity contribution in [1.29, 1.82) is 0 Å². The van der Waals surface area contributed by atoms with Gasteiger partial charge in [-0.05, 0) is 38.7 Å². The number of ether oxygens (including phenoxy) is 3. The van der Waals surface area contributed by atoms with Crippen molar-refractivity contribution in [3.63, 3.8) is 0 Å². The molecule has 3 rings (SSSR count). The van der Waals surface area contributed by atoms with Crippen molar-refractivity contribution in [2.45, 2.75) is 69.4 Å². The van der Waals surface area contributed by atoms with E-state index in [0.717, 1.165) is 5.57 Å². The van der Waals surface area contributed by atoms with Gasteiger partial charge in [0, 0.05) is 17.1 Å². The van der Waals surface area contributed by atoms with Gasteiger partial charge in [-0.25, -0.2) is 9.59 Å². The number of aliphatic hydroxyl groups is 4. The van der Waals surface area contributed by atoms with Crippen LogP contribution < -0.4 is 0 Å². The van der Waals surface area contributed by atoms with Gasteiger partial charge in [-0.3, -0.25) is 0 Å². The zero-order chi connectivity index (χ0) is 22.0. The zero-order valence-electron chi connectivity index (χ0n) is 16.8. The van der Waals surface area contributed by atoms with Crippen LogP contribution in [0.25, 0.3) is 0 Å². The number of hydrogen-bond donors (Lipinski definition) is 4. The monoisotopic (exact) mass is 424 g/mol. The van der Waals surface area contributed by atoms with E-state index in [0.29, 0.717) is 36.8 Å². The van der Waals surface area contributed by atoms with Gasteiger partial charge in [-0.15, -0.1) is 0 Å². The molecule has 2 aliphatic heterocycles. The Morgan fingerprint density at radius 1 is 1.27 bits per heavy atom. The molecule has 0 aromatic heterocycles. The van der Waals surface area contributed by atoms with E-state index in [2.05, 4.69) is 6.58 Å². The van der Waals surface area contributed by atoms with E-state index >= 15 is 0 Å². The fourth-order valence-electron chi connectivity index (χ4n) is 3.97. The number of aliphatic hydroxyl groups excluding tert-OH is 4. The minimum Gasteiger partial charge on any atom is -0.454 e. The Bertz CT molecular complexity index is 754. The number of allylic oxidation sites excluding steroid dienone is 2. The molecule has 0 aromatic rings. The number of fused-ring (bicyclic) bond motifs is 1. The van der Waals surface area contributed by atoms with Crippen molar-refractivity contribution in [3.05, 3.63) is 35.5 Å². The molecule has 2 fully saturated rings. The van der Waals surface area contributed by atoms with Crippen molar-refractivity contribution in [2.24, 2.45) is 5.92 Å². The summed E-state index contributed by atoms with van der Waals surface area (Å²) in [5, 5.41) is 39.0. The van der Waals surface area contributed by atoms with Crippen LogP contribution >= 0.6 is 0 Å². The molecule has 2 saturated heterocycles. The molecule has 0 saturated carbocycles. The van der Waals surface area contributed by atoms with Crippen molar-refractivity contribution >= 4 is 11.9 Å². The lowest BCUT2D eigenvalue weighted by Gasteiger charge is -2.39. The summed E-state index contributed by atoms with van der Waals surface area (Å²) in [5.74, 6) is -1.42. The molecule has 0 bridgehead atoms. The number of carbonyl (C=O) groups excluding carboxylic acids is 2. The third-order valence-electron chi connectivity index (χ3n) is 5.80. The van der Waals surface area contributed by atoms with Crippen LogP contribution in [0, 0.1) is 5.92 Å². The molecule has 4 N–H and O–H groups in total. The van der Waals surface area contributed by atoms with E-state index in [9.17, 15) is 30.0 Å². The standard InChI is InChI=1S/C21H28O9/c1-10-4-3-5-12(6-7-13-11(2)19(25)28-14(13)8-10)20(26)30-18-15(9-22)29-21(27)17(24)16(18)23/h5,8,13-18,21-24,27H,2-4,6-7,9H2,1H3/b10-8-,12-5+/t13-,14+,15-,16-,17-,18+,21-/m0/s1. The minimum atomic E-state index is -1.70. The Hall–Kier alpha value is -2.04. The van der Waals surface area contributed by atoms with Crippen molar-refractivity contribution in [1.82, 2.24) is 0 Å². The fourth-order valence-corrected chi connectivity index (χ4v) is 3.97. The van der Waals surface area contributed by atoms with Gasteiger partial charge < -0.3 is 34.6 Å². The molecule has 2 heterocycles. The highest BCUT2D eigenvalue weighted by Crippen LogP contribution is 2.34. The maximum absolute atomic E-state index is 12.8. The molecule has 9 heteroatoms. The first-order chi connectivity index (χ1) is 14.2. The highest BCUT2D eigenvalue weighted by Gasteiger charge is 2.46. The van der Waals surface area contributed by atoms with Gasteiger partial charge in [-0.1, -0.05) is 18.2 Å². The maximum atomic E-state index is 12.8. The SMILES string of the molecule is C=C1C(=O)O[C@@H]2/C=C(/C)CC/C=C(/C(=O)O[C@H]3[C@@H](O)[C@H](O)[C@@H](O)O[C@H]3CO)CC[C@@H]12. The fraction of sp³-hybridized carbons (Fsp3) is 0.619. The second kappa shape index (κ2) is 9.40. The quantitative estimate of drug-likeness (QED) is 0.277. The normalized spacial score (nSPS) is 41.0. The Labute approximate surface area is 174 Å². The van der Waals surface area contributed by atoms with Crippen LogP contribution in [0.15, 0.2) is 35.5 Å². The lowest BCUT2D eigenvalue weighted by molar-refractivity contribution is -0.289. The number of hydrogen-bond acceptors (Lipinski definition) is 9. The predicted octanol–water partition coefficient (Wildman–Crippen LogP) is -0.126. The molecule has 7 atom stereocenters. The molecule has 9 nitrogen and oxygen atoms in total. The summed E-state index contributed by atoms with van der Waals surface area (Å²) < 4.78 is 15.8. The van der Waals surface area contributed by atoms with E-state index in [4.69, 9.17) is 14.2 Å². The molecular formula is C21H28O9. The van der Waals surface area contributed by atoms with Gasteiger partial charge in [0.15, 0.2) is 12.4 Å². The molecule has 0 aromatic carbocycles. The summed E-state index contributed by atoms with van der Waals surface area (Å²) in [6.45, 7) is 5.12. The molecule has 3 aliphatic rings. The van der Waals surface area contributed by atoms with Crippen LogP contribution in [0.4, 0.5) is 0 Å². The van der Waals surface area contributed by atoms with E-state index in [1.165, 1.54) is 0 Å². The van der Waals surface area contributed by atoms with Gasteiger partial charge in [-0.2, -0.15) is 0 Å². The Morgan fingerprint density at radius 3 is 2.70 bits per heavy atom. The molecule has 0 amide bonds. The van der Waals surface area contributed by atoms with Crippen molar-refractivity contribution < 1.29 is 44.2 Å². The lowest BCUT2D eigenvalue weighted by atomic mass is 9.88. The molecule has 1 aliphatic carbocycles. The summed E-state index contributed by atoms with van der Waals surface area (Å²) in [7, 11) is 0. The second-order valence-corrected chi connectivity index (χ2v) is 7.92. The van der Waals surface area contributed by atoms with Crippen LogP contribution in [0.5, 0.6) is 0 Å². The third-order valence-corrected chi connectivity index (χ3v) is 5.80. The third kappa shape index (κ3) is 4.65. The van der Waals surface area contributed by atoms with Gasteiger partial charge in [0.05, 0.1) is 6.61 Å². The Balaban J connectivity index is 1.75. The van der Waals surface area contributed by atoms with Gasteiger partial charge in [0.1, 0.15) is 24.4 Å². The largest absolute Gasteiger partial charge is 0.454 e. The van der Waals surface area contributed by atoms with Gasteiger partial charge >= 0.3 is 11.9 Å². The maximum Gasteiger partial charge on any atom is 0.334 e. The predicted molar refractivity (Wildman–Crippen MR) is 103 cm³/mol. The van der Waals surface area contributed by atoms with E-state index in [1.807, 2.05) is 13.0 Å². The first kappa shape index (κ1) is 22.6. The van der Waals surface area contributed by atoms with Gasteiger partial charge in [0.25, 0.3) is 0 Å². The van der Waals surface area contributed by atoms with Crippen LogP contribution in [0.3, 0.4) is 0 Å². The molecule has 0 radical (unpaired) electrons. The Kier molecular flexibility index (Phi) is 7.10. The van der Waals surface area contributed by atoms with E-state index in [-0.39, 0.29) is 5.92 Å². The summed E-state index contributed by atoms with van der Waals surface area (Å²) in [5.41, 5.74) is 1.73. The highest BCUT2D eigenvalue weighted by molar-refractivity contribution is 5.91. The van der Waals surface area contributed by atoms with Crippen LogP contribution in [-0.4, -0.2) is 75.8 Å². The van der Waals surface area contributed by atoms with Crippen LogP contribution in [0.1, 0.15) is 32.6 Å². The lowest BCUT2D eigenvalue weighted by Crippen LogP contribution is -2.59. The van der Waals surface area contributed by atoms with Crippen LogP contribution in [-0.2, 0) is 23.8 Å². The van der Waals surface area contributed by atoms with Crippen molar-refractivity contribution in [2.75, 3.05) is 6.61 Å². The highest BCUT2D eigenvalue weighted by atomic mass is 16.7. The number of rotatable bonds is 3. The average Bonchev–Trinajstić information content (AvgIpc) is 2.97. The summed E-state index contributed by atoms with van der Waals surface area (Å²) in [6, 6.07) is 0. The average molecular weight is 424 g/mol. The molecular weight excluding hydrogens is 396 g/mol. The van der Waals surface area contributed by atoms with Crippen LogP contribution in [0.2, 0.25) is 0 Å². The molecule has 30 heavy (non-hydrogen) atoms. The van der Waals surface area contributed by atoms with Gasteiger partial charge in [0.2, 0.25) is 0 Å². The summed E-state index contributed by atoms with van der Waals surface area (Å²) in [6.07, 6.45) is -2.32. The smallest absolute Gasteiger partial charge is 0.334 e. The number of carbonyl (C=O) groups is 2. The van der Waals surface area contributed by atoms with E-state index < -0.39 is 55.4 Å². The van der Waals surface area contributed by atoms with Crippen molar-refractivity contribution in [3.8, 4) is 0 Å². The minimum absolute atomic E-state index is 0.257. The molecule has 166 valence electrons. The second-order valence-electron chi connectivity index (χ2n) is 7.92. The molecule has 0 spiro atoms. The molecule has 0 unspecified atom stereocenters. The number of esters is 2. The van der Waals surface area contributed by atoms with E-state index in [1.54, 1.807) is 6.08 Å².